The Kier molecular flexibility index (Phi) is 58.2. The van der Waals surface area contributed by atoms with Gasteiger partial charge in [-0.15, -0.1) is 0 Å². The van der Waals surface area contributed by atoms with Gasteiger partial charge in [0.15, 0.2) is 6.10 Å². The van der Waals surface area contributed by atoms with Crippen LogP contribution in [-0.2, 0) is 28.6 Å². The standard InChI is InChI=1S/C66H118O6/c1-4-7-10-13-16-19-22-24-26-28-30-31-32-33-34-35-37-38-40-42-44-47-50-53-56-59-65(68)71-62-63(61-70-64(67)58-55-52-49-46-21-18-15-12-9-6-3)72-66(69)60-57-54-51-48-45-43-41-39-36-29-27-25-23-20-17-14-11-8-5-2/h12,15,17,20,22,24-25,27-28,30,63H,4-11,13-14,16,18-19,21,23,26,29,31-62H2,1-3H3/b15-12-,20-17-,24-22-,27-25-,30-28-. The zero-order valence-electron chi connectivity index (χ0n) is 47.9. The quantitative estimate of drug-likeness (QED) is 0.0261. The molecule has 0 radical (unpaired) electrons. The van der Waals surface area contributed by atoms with Crippen LogP contribution in [0.4, 0.5) is 0 Å². The van der Waals surface area contributed by atoms with Crippen molar-refractivity contribution in [1.29, 1.82) is 0 Å². The lowest BCUT2D eigenvalue weighted by molar-refractivity contribution is -0.167. The maximum absolute atomic E-state index is 12.9. The van der Waals surface area contributed by atoms with Crippen LogP contribution in [0.1, 0.15) is 323 Å². The van der Waals surface area contributed by atoms with Crippen LogP contribution in [0, 0.1) is 0 Å². The molecule has 6 heteroatoms. The third-order valence-corrected chi connectivity index (χ3v) is 13.7. The Morgan fingerprint density at radius 3 is 0.861 bits per heavy atom. The first-order valence-corrected chi connectivity index (χ1v) is 31.3. The Hall–Kier alpha value is -2.89. The fraction of sp³-hybridized carbons (Fsp3) is 0.803. The lowest BCUT2D eigenvalue weighted by atomic mass is 10.0. The average molecular weight is 1010 g/mol. The second-order valence-corrected chi connectivity index (χ2v) is 21.0. The summed E-state index contributed by atoms with van der Waals surface area (Å²) in [7, 11) is 0. The lowest BCUT2D eigenvalue weighted by Gasteiger charge is -2.18. The molecule has 0 bridgehead atoms. The third-order valence-electron chi connectivity index (χ3n) is 13.7. The normalized spacial score (nSPS) is 12.4. The van der Waals surface area contributed by atoms with Gasteiger partial charge in [-0.3, -0.25) is 14.4 Å². The van der Waals surface area contributed by atoms with Gasteiger partial charge in [0.2, 0.25) is 0 Å². The topological polar surface area (TPSA) is 78.9 Å². The summed E-state index contributed by atoms with van der Waals surface area (Å²) in [5, 5.41) is 0. The van der Waals surface area contributed by atoms with Crippen LogP contribution in [0.2, 0.25) is 0 Å². The van der Waals surface area contributed by atoms with E-state index in [0.717, 1.165) is 83.5 Å². The van der Waals surface area contributed by atoms with Gasteiger partial charge in [-0.25, -0.2) is 0 Å². The first-order chi connectivity index (χ1) is 35.5. The fourth-order valence-electron chi connectivity index (χ4n) is 8.98. The van der Waals surface area contributed by atoms with E-state index in [2.05, 4.69) is 81.5 Å². The summed E-state index contributed by atoms with van der Waals surface area (Å²) in [6, 6.07) is 0. The monoisotopic (exact) mass is 1010 g/mol. The van der Waals surface area contributed by atoms with E-state index in [0.29, 0.717) is 19.3 Å². The van der Waals surface area contributed by atoms with E-state index >= 15 is 0 Å². The number of ether oxygens (including phenoxy) is 3. The van der Waals surface area contributed by atoms with Crippen molar-refractivity contribution in [3.8, 4) is 0 Å². The van der Waals surface area contributed by atoms with Crippen LogP contribution in [0.15, 0.2) is 60.8 Å². The van der Waals surface area contributed by atoms with E-state index in [1.807, 2.05) is 0 Å². The molecule has 0 aliphatic rings. The number of esters is 3. The molecule has 0 aliphatic carbocycles. The number of unbranched alkanes of at least 4 members (excludes halogenated alkanes) is 36. The SMILES string of the molecule is CCC/C=C\CCCCCCCC(=O)OCC(COC(=O)CCCCCCCCCCCCCCC/C=C\C/C=C\CCCCCCC)OC(=O)CCCCCCCCCCC/C=C\C/C=C\CCCCC. The summed E-state index contributed by atoms with van der Waals surface area (Å²) in [4.78, 5) is 38.2. The van der Waals surface area contributed by atoms with Gasteiger partial charge in [-0.2, -0.15) is 0 Å². The molecule has 0 N–H and O–H groups in total. The van der Waals surface area contributed by atoms with Crippen LogP contribution in [0.3, 0.4) is 0 Å². The van der Waals surface area contributed by atoms with E-state index in [4.69, 9.17) is 14.2 Å². The van der Waals surface area contributed by atoms with Crippen molar-refractivity contribution in [2.75, 3.05) is 13.2 Å². The van der Waals surface area contributed by atoms with Gasteiger partial charge in [-0.1, -0.05) is 261 Å². The largest absolute Gasteiger partial charge is 0.462 e. The van der Waals surface area contributed by atoms with Crippen molar-refractivity contribution in [2.45, 2.75) is 329 Å². The highest BCUT2D eigenvalue weighted by Crippen LogP contribution is 2.16. The van der Waals surface area contributed by atoms with E-state index in [9.17, 15) is 14.4 Å². The molecule has 0 aromatic heterocycles. The molecule has 0 heterocycles. The minimum atomic E-state index is -0.779. The molecule has 72 heavy (non-hydrogen) atoms. The maximum Gasteiger partial charge on any atom is 0.306 e. The highest BCUT2D eigenvalue weighted by Gasteiger charge is 2.19. The maximum atomic E-state index is 12.9. The fourth-order valence-corrected chi connectivity index (χ4v) is 8.98. The molecule has 0 aromatic carbocycles. The highest BCUT2D eigenvalue weighted by molar-refractivity contribution is 5.71. The third kappa shape index (κ3) is 58.0. The summed E-state index contributed by atoms with van der Waals surface area (Å²) in [5.74, 6) is -0.880. The number of carbonyl (C=O) groups is 3. The second kappa shape index (κ2) is 60.7. The van der Waals surface area contributed by atoms with Crippen LogP contribution in [-0.4, -0.2) is 37.2 Å². The van der Waals surface area contributed by atoms with Gasteiger partial charge >= 0.3 is 17.9 Å². The van der Waals surface area contributed by atoms with Gasteiger partial charge in [0.05, 0.1) is 0 Å². The van der Waals surface area contributed by atoms with Gasteiger partial charge < -0.3 is 14.2 Å². The molecule has 1 atom stereocenters. The summed E-state index contributed by atoms with van der Waals surface area (Å²) in [6.07, 6.45) is 76.6. The number of carbonyl (C=O) groups excluding carboxylic acids is 3. The Balaban J connectivity index is 4.22. The number of hydrogen-bond acceptors (Lipinski definition) is 6. The van der Waals surface area contributed by atoms with Crippen molar-refractivity contribution in [3.63, 3.8) is 0 Å². The first kappa shape index (κ1) is 69.1. The lowest BCUT2D eigenvalue weighted by Crippen LogP contribution is -2.30. The van der Waals surface area contributed by atoms with Gasteiger partial charge in [0.1, 0.15) is 13.2 Å². The Labute approximate surface area is 447 Å². The molecule has 418 valence electrons. The van der Waals surface area contributed by atoms with Crippen molar-refractivity contribution >= 4 is 17.9 Å². The minimum absolute atomic E-state index is 0.0772. The number of hydrogen-bond donors (Lipinski definition) is 0. The molecule has 0 aromatic rings. The van der Waals surface area contributed by atoms with Crippen molar-refractivity contribution in [3.05, 3.63) is 60.8 Å². The highest BCUT2D eigenvalue weighted by atomic mass is 16.6. The second-order valence-electron chi connectivity index (χ2n) is 21.0. The van der Waals surface area contributed by atoms with Gasteiger partial charge in [-0.05, 0) is 103 Å². The molecule has 0 spiro atoms. The molecular weight excluding hydrogens is 889 g/mol. The summed E-state index contributed by atoms with van der Waals surface area (Å²) >= 11 is 0. The molecule has 0 saturated carbocycles. The predicted molar refractivity (Wildman–Crippen MR) is 312 cm³/mol. The average Bonchev–Trinajstić information content (AvgIpc) is 3.38. The first-order valence-electron chi connectivity index (χ1n) is 31.3. The van der Waals surface area contributed by atoms with Gasteiger partial charge in [0, 0.05) is 19.3 Å². The van der Waals surface area contributed by atoms with Crippen molar-refractivity contribution < 1.29 is 28.6 Å². The smallest absolute Gasteiger partial charge is 0.306 e. The van der Waals surface area contributed by atoms with Crippen LogP contribution >= 0.6 is 0 Å². The molecule has 0 amide bonds. The van der Waals surface area contributed by atoms with E-state index in [1.54, 1.807) is 0 Å². The van der Waals surface area contributed by atoms with E-state index in [-0.39, 0.29) is 31.1 Å². The Morgan fingerprint density at radius 2 is 0.528 bits per heavy atom. The summed E-state index contributed by atoms with van der Waals surface area (Å²) in [6.45, 7) is 6.57. The van der Waals surface area contributed by atoms with Crippen molar-refractivity contribution in [2.24, 2.45) is 0 Å². The zero-order valence-corrected chi connectivity index (χ0v) is 47.9. The van der Waals surface area contributed by atoms with Gasteiger partial charge in [0.25, 0.3) is 0 Å². The summed E-state index contributed by atoms with van der Waals surface area (Å²) in [5.41, 5.74) is 0. The van der Waals surface area contributed by atoms with Crippen LogP contribution in [0.5, 0.6) is 0 Å². The number of rotatable bonds is 57. The van der Waals surface area contributed by atoms with E-state index in [1.165, 1.54) is 199 Å². The summed E-state index contributed by atoms with van der Waals surface area (Å²) < 4.78 is 16.9. The Bertz CT molecular complexity index is 1290. The van der Waals surface area contributed by atoms with Crippen LogP contribution in [0.25, 0.3) is 0 Å². The zero-order chi connectivity index (χ0) is 52.2. The molecule has 0 rings (SSSR count). The molecule has 6 nitrogen and oxygen atoms in total. The molecule has 0 aliphatic heterocycles. The minimum Gasteiger partial charge on any atom is -0.462 e. The predicted octanol–water partition coefficient (Wildman–Crippen LogP) is 21.2. The van der Waals surface area contributed by atoms with Crippen molar-refractivity contribution in [1.82, 2.24) is 0 Å². The number of allylic oxidation sites excluding steroid dienone is 10. The molecule has 0 saturated heterocycles. The Morgan fingerprint density at radius 1 is 0.278 bits per heavy atom. The molecule has 0 fully saturated rings. The van der Waals surface area contributed by atoms with Crippen LogP contribution < -0.4 is 0 Å². The van der Waals surface area contributed by atoms with E-state index < -0.39 is 6.10 Å². The molecule has 1 unspecified atom stereocenters. The molecular formula is C66H118O6.